The van der Waals surface area contributed by atoms with Crippen LogP contribution in [0.5, 0.6) is 0 Å². The minimum atomic E-state index is -4.92. The molecule has 2 aromatic rings. The molecule has 1 saturated heterocycles. The first-order valence-electron chi connectivity index (χ1n) is 9.21. The topological polar surface area (TPSA) is 95.4 Å². The Balaban J connectivity index is 2.04. The molecule has 2 atom stereocenters. The highest BCUT2D eigenvalue weighted by Gasteiger charge is 2.45. The number of benzene rings is 1. The summed E-state index contributed by atoms with van der Waals surface area (Å²) in [7, 11) is -6.23. The lowest BCUT2D eigenvalue weighted by Gasteiger charge is -2.36. The zero-order valence-corrected chi connectivity index (χ0v) is 19.6. The fourth-order valence-corrected chi connectivity index (χ4v) is 5.18. The second-order valence-electron chi connectivity index (χ2n) is 7.11. The molecule has 34 heavy (non-hydrogen) atoms. The smallest absolute Gasteiger partial charge is 0.362 e. The molecule has 1 fully saturated rings. The first-order valence-corrected chi connectivity index (χ1v) is 13.0. The number of hydrogen-bond donors (Lipinski definition) is 2. The van der Waals surface area contributed by atoms with E-state index in [2.05, 4.69) is 10.3 Å². The Morgan fingerprint density at radius 2 is 1.94 bits per heavy atom. The van der Waals surface area contributed by atoms with Crippen molar-refractivity contribution in [3.05, 3.63) is 46.6 Å². The number of aromatic nitrogens is 1. The van der Waals surface area contributed by atoms with Gasteiger partial charge in [0.05, 0.1) is 44.5 Å². The predicted molar refractivity (Wildman–Crippen MR) is 115 cm³/mol. The van der Waals surface area contributed by atoms with E-state index < -0.39 is 70.6 Å². The van der Waals surface area contributed by atoms with Crippen LogP contribution in [0.1, 0.15) is 15.9 Å². The van der Waals surface area contributed by atoms with E-state index in [0.29, 0.717) is 6.07 Å². The highest BCUT2D eigenvalue weighted by atomic mass is 35.5. The standard InChI is InChI=1S/C18H16ClF6N4O3PS/c1-34(26,31)15-6-10(2-3-27-15)28-16(30)11-7-13(19)12(17(20,21)22)8-14(11)29-4-5-32-33(9-29)18(23,24)25/h2-3,6-8,26H,4-5,9H2,1H3,(H,27,28,30). The summed E-state index contributed by atoms with van der Waals surface area (Å²) in [5, 5.41) is 1.41. The van der Waals surface area contributed by atoms with Gasteiger partial charge in [0.25, 0.3) is 5.91 Å². The Labute approximate surface area is 196 Å². The molecule has 1 aliphatic heterocycles. The van der Waals surface area contributed by atoms with Crippen molar-refractivity contribution >= 4 is 46.8 Å². The maximum Gasteiger partial charge on any atom is 0.432 e. The highest BCUT2D eigenvalue weighted by Crippen LogP contribution is 2.56. The van der Waals surface area contributed by atoms with Crippen molar-refractivity contribution in [1.82, 2.24) is 4.98 Å². The van der Waals surface area contributed by atoms with E-state index >= 15 is 0 Å². The van der Waals surface area contributed by atoms with Crippen LogP contribution in [0.15, 0.2) is 35.5 Å². The molecule has 2 unspecified atom stereocenters. The molecule has 0 bridgehead atoms. The average Bonchev–Trinajstić information content (AvgIpc) is 2.71. The van der Waals surface area contributed by atoms with E-state index in [-0.39, 0.29) is 17.3 Å². The van der Waals surface area contributed by atoms with Crippen molar-refractivity contribution in [1.29, 1.82) is 4.78 Å². The van der Waals surface area contributed by atoms with Crippen LogP contribution < -0.4 is 10.2 Å². The van der Waals surface area contributed by atoms with Gasteiger partial charge in [-0.05, 0) is 24.3 Å². The van der Waals surface area contributed by atoms with Crippen molar-refractivity contribution in [3.8, 4) is 0 Å². The third-order valence-electron chi connectivity index (χ3n) is 4.56. The zero-order chi connectivity index (χ0) is 25.5. The van der Waals surface area contributed by atoms with Gasteiger partial charge in [0.15, 0.2) is 8.15 Å². The van der Waals surface area contributed by atoms with Crippen molar-refractivity contribution in [2.75, 3.05) is 35.9 Å². The van der Waals surface area contributed by atoms with Gasteiger partial charge in [-0.25, -0.2) is 14.0 Å². The summed E-state index contributed by atoms with van der Waals surface area (Å²) in [6.07, 6.45) is -3.42. The number of nitrogens with one attached hydrogen (secondary N) is 2. The largest absolute Gasteiger partial charge is 0.432 e. The van der Waals surface area contributed by atoms with Crippen LogP contribution in [0.25, 0.3) is 0 Å². The van der Waals surface area contributed by atoms with Gasteiger partial charge in [0.1, 0.15) is 5.03 Å². The lowest BCUT2D eigenvalue weighted by molar-refractivity contribution is -0.137. The number of halogens is 7. The van der Waals surface area contributed by atoms with Crippen LogP contribution in [0.3, 0.4) is 0 Å². The summed E-state index contributed by atoms with van der Waals surface area (Å²) in [6.45, 7) is -0.595. The molecule has 16 heteroatoms. The molecule has 2 heterocycles. The van der Waals surface area contributed by atoms with E-state index in [1.54, 1.807) is 0 Å². The molecule has 0 radical (unpaired) electrons. The van der Waals surface area contributed by atoms with Gasteiger partial charge in [-0.1, -0.05) is 11.6 Å². The van der Waals surface area contributed by atoms with Crippen LogP contribution in [0.2, 0.25) is 5.02 Å². The van der Waals surface area contributed by atoms with Crippen molar-refractivity contribution in [2.45, 2.75) is 17.1 Å². The second kappa shape index (κ2) is 9.48. The molecule has 0 saturated carbocycles. The predicted octanol–water partition coefficient (Wildman–Crippen LogP) is 5.75. The molecular weight excluding hydrogens is 533 g/mol. The zero-order valence-electron chi connectivity index (χ0n) is 17.1. The quantitative estimate of drug-likeness (QED) is 0.375. The Hall–Kier alpha value is -2.15. The van der Waals surface area contributed by atoms with Gasteiger partial charge in [-0.3, -0.25) is 4.79 Å². The van der Waals surface area contributed by atoms with Gasteiger partial charge >= 0.3 is 12.1 Å². The summed E-state index contributed by atoms with van der Waals surface area (Å²) in [5.41, 5.74) is -2.09. The number of nitrogens with zero attached hydrogens (tertiary/aromatic N) is 2. The number of carbonyl (C=O) groups excluding carboxylic acids is 1. The third kappa shape index (κ3) is 6.09. The number of anilines is 2. The molecule has 1 aromatic carbocycles. The minimum absolute atomic E-state index is 0.0262. The fraction of sp³-hybridized carbons (Fsp3) is 0.333. The molecule has 7 nitrogen and oxygen atoms in total. The molecule has 0 spiro atoms. The first-order chi connectivity index (χ1) is 15.6. The molecule has 1 aromatic heterocycles. The average molecular weight is 549 g/mol. The Morgan fingerprint density at radius 1 is 1.26 bits per heavy atom. The fourth-order valence-electron chi connectivity index (χ4n) is 3.00. The molecule has 186 valence electrons. The SMILES string of the molecule is CS(=N)(=O)c1cc(NC(=O)c2cc(Cl)c(C(F)(F)F)cc2N2CCOP(C(F)(F)F)C2)ccn1. The third-order valence-corrected chi connectivity index (χ3v) is 7.55. The summed E-state index contributed by atoms with van der Waals surface area (Å²) in [5.74, 6) is -5.68. The van der Waals surface area contributed by atoms with E-state index in [1.165, 1.54) is 12.3 Å². The lowest BCUT2D eigenvalue weighted by atomic mass is 10.1. The summed E-state index contributed by atoms with van der Waals surface area (Å²) < 4.78 is 104. The molecule has 3 rings (SSSR count). The minimum Gasteiger partial charge on any atom is -0.362 e. The van der Waals surface area contributed by atoms with Crippen LogP contribution >= 0.6 is 19.7 Å². The number of pyridine rings is 1. The van der Waals surface area contributed by atoms with Crippen molar-refractivity contribution < 1.29 is 39.9 Å². The number of amides is 1. The number of carbonyl (C=O) groups is 1. The lowest BCUT2D eigenvalue weighted by Crippen LogP contribution is -2.36. The van der Waals surface area contributed by atoms with Crippen molar-refractivity contribution in [2.24, 2.45) is 0 Å². The number of alkyl halides is 6. The normalized spacial score (nSPS) is 18.9. The van der Waals surface area contributed by atoms with E-state index in [1.807, 2.05) is 0 Å². The molecule has 1 aliphatic rings. The van der Waals surface area contributed by atoms with Gasteiger partial charge in [-0.2, -0.15) is 26.3 Å². The Kier molecular flexibility index (Phi) is 7.38. The van der Waals surface area contributed by atoms with Crippen LogP contribution in [-0.4, -0.2) is 46.7 Å². The van der Waals surface area contributed by atoms with E-state index in [0.717, 1.165) is 23.3 Å². The van der Waals surface area contributed by atoms with Gasteiger partial charge < -0.3 is 14.7 Å². The van der Waals surface area contributed by atoms with Gasteiger partial charge in [-0.15, -0.1) is 0 Å². The monoisotopic (exact) mass is 548 g/mol. The Morgan fingerprint density at radius 3 is 2.53 bits per heavy atom. The Bertz CT molecular complexity index is 1210. The van der Waals surface area contributed by atoms with Crippen LogP contribution in [0, 0.1) is 4.78 Å². The summed E-state index contributed by atoms with van der Waals surface area (Å²) in [6, 6.07) is 3.70. The first kappa shape index (κ1) is 26.5. The maximum atomic E-state index is 13.4. The van der Waals surface area contributed by atoms with Crippen LogP contribution in [-0.2, 0) is 20.4 Å². The number of rotatable bonds is 4. The van der Waals surface area contributed by atoms with Gasteiger partial charge in [0.2, 0.25) is 0 Å². The van der Waals surface area contributed by atoms with E-state index in [4.69, 9.17) is 20.9 Å². The maximum absolute atomic E-state index is 13.4. The van der Waals surface area contributed by atoms with Crippen molar-refractivity contribution in [3.63, 3.8) is 0 Å². The van der Waals surface area contributed by atoms with Crippen LogP contribution in [0.4, 0.5) is 37.7 Å². The number of hydrogen-bond acceptors (Lipinski definition) is 6. The van der Waals surface area contributed by atoms with Gasteiger partial charge in [0, 0.05) is 24.7 Å². The molecule has 1 amide bonds. The summed E-state index contributed by atoms with van der Waals surface area (Å²) in [4.78, 5) is 17.7. The molecular formula is C18H16ClF6N4O3PS. The summed E-state index contributed by atoms with van der Waals surface area (Å²) >= 11 is 5.77. The molecule has 0 aliphatic carbocycles. The molecule has 2 N–H and O–H groups in total. The van der Waals surface area contributed by atoms with E-state index in [9.17, 15) is 35.3 Å². The second-order valence-corrected chi connectivity index (χ2v) is 11.4. The highest BCUT2D eigenvalue weighted by molar-refractivity contribution is 7.91.